The quantitative estimate of drug-likeness (QED) is 0.757. The zero-order valence-corrected chi connectivity index (χ0v) is 16.4. The Hall–Kier alpha value is -2.07. The highest BCUT2D eigenvalue weighted by Crippen LogP contribution is 2.37. The van der Waals surface area contributed by atoms with Crippen molar-refractivity contribution in [3.05, 3.63) is 58.9 Å². The van der Waals surface area contributed by atoms with Crippen molar-refractivity contribution in [2.24, 2.45) is 0 Å². The maximum absolute atomic E-state index is 12.9. The van der Waals surface area contributed by atoms with E-state index in [0.29, 0.717) is 18.5 Å². The molecule has 1 aromatic heterocycles. The topological polar surface area (TPSA) is 42.4 Å². The maximum atomic E-state index is 12.9. The summed E-state index contributed by atoms with van der Waals surface area (Å²) in [4.78, 5) is 19.2. The van der Waals surface area contributed by atoms with Crippen LogP contribution in [0.2, 0.25) is 5.02 Å². The van der Waals surface area contributed by atoms with Gasteiger partial charge in [-0.15, -0.1) is 0 Å². The smallest absolute Gasteiger partial charge is 0.223 e. The van der Waals surface area contributed by atoms with Gasteiger partial charge >= 0.3 is 0 Å². The van der Waals surface area contributed by atoms with Crippen molar-refractivity contribution in [2.45, 2.75) is 63.6 Å². The SMILES string of the molecule is Cc1cc(CCC(=O)N2C3CCC2CC(Oc2cccnc2)C3)ccc1Cl. The lowest BCUT2D eigenvalue weighted by Crippen LogP contribution is -2.49. The van der Waals surface area contributed by atoms with E-state index in [0.717, 1.165) is 48.4 Å². The van der Waals surface area contributed by atoms with Crippen molar-refractivity contribution in [3.63, 3.8) is 0 Å². The van der Waals surface area contributed by atoms with Gasteiger partial charge < -0.3 is 9.64 Å². The summed E-state index contributed by atoms with van der Waals surface area (Å²) >= 11 is 6.09. The van der Waals surface area contributed by atoms with Gasteiger partial charge in [0.15, 0.2) is 0 Å². The van der Waals surface area contributed by atoms with Gasteiger partial charge in [-0.05, 0) is 55.5 Å². The first-order chi connectivity index (χ1) is 13.1. The van der Waals surface area contributed by atoms with Gasteiger partial charge in [0.05, 0.1) is 6.20 Å². The monoisotopic (exact) mass is 384 g/mol. The molecule has 4 rings (SSSR count). The number of pyridine rings is 1. The van der Waals surface area contributed by atoms with E-state index in [4.69, 9.17) is 16.3 Å². The average molecular weight is 385 g/mol. The lowest BCUT2D eigenvalue weighted by Gasteiger charge is -2.39. The molecular formula is C22H25ClN2O2. The molecule has 1 aromatic carbocycles. The number of amides is 1. The number of halogens is 1. The summed E-state index contributed by atoms with van der Waals surface area (Å²) in [6.07, 6.45) is 9.01. The van der Waals surface area contributed by atoms with E-state index in [1.807, 2.05) is 31.2 Å². The molecule has 2 atom stereocenters. The van der Waals surface area contributed by atoms with Crippen LogP contribution in [-0.4, -0.2) is 34.0 Å². The van der Waals surface area contributed by atoms with E-state index in [-0.39, 0.29) is 12.0 Å². The summed E-state index contributed by atoms with van der Waals surface area (Å²) in [7, 11) is 0. The second-order valence-corrected chi connectivity index (χ2v) is 8.08. The van der Waals surface area contributed by atoms with Gasteiger partial charge in [-0.25, -0.2) is 0 Å². The zero-order valence-electron chi connectivity index (χ0n) is 15.6. The summed E-state index contributed by atoms with van der Waals surface area (Å²) in [6, 6.07) is 10.5. The number of aromatic nitrogens is 1. The standard InChI is InChI=1S/C22H25ClN2O2/c1-15-11-16(4-8-21(15)23)5-9-22(26)25-17-6-7-18(25)13-20(12-17)27-19-3-2-10-24-14-19/h2-4,8,10-11,14,17-18,20H,5-7,9,12-13H2,1H3. The van der Waals surface area contributed by atoms with Crippen LogP contribution in [0.3, 0.4) is 0 Å². The predicted molar refractivity (Wildman–Crippen MR) is 106 cm³/mol. The summed E-state index contributed by atoms with van der Waals surface area (Å²) < 4.78 is 6.10. The van der Waals surface area contributed by atoms with E-state index in [2.05, 4.69) is 16.0 Å². The molecule has 0 N–H and O–H groups in total. The van der Waals surface area contributed by atoms with E-state index < -0.39 is 0 Å². The number of rotatable bonds is 5. The molecule has 2 saturated heterocycles. The lowest BCUT2D eigenvalue weighted by molar-refractivity contribution is -0.137. The van der Waals surface area contributed by atoms with Crippen molar-refractivity contribution >= 4 is 17.5 Å². The first kappa shape index (κ1) is 18.3. The van der Waals surface area contributed by atoms with Gasteiger partial charge in [0.1, 0.15) is 11.9 Å². The molecule has 2 unspecified atom stereocenters. The lowest BCUT2D eigenvalue weighted by atomic mass is 9.98. The van der Waals surface area contributed by atoms with Crippen molar-refractivity contribution in [2.75, 3.05) is 0 Å². The van der Waals surface area contributed by atoms with Crippen LogP contribution in [0.25, 0.3) is 0 Å². The van der Waals surface area contributed by atoms with E-state index in [9.17, 15) is 4.79 Å². The third-order valence-corrected chi connectivity index (χ3v) is 6.19. The number of hydrogen-bond donors (Lipinski definition) is 0. The molecule has 0 radical (unpaired) electrons. The van der Waals surface area contributed by atoms with Crippen molar-refractivity contribution < 1.29 is 9.53 Å². The Balaban J connectivity index is 1.34. The molecule has 2 fully saturated rings. The summed E-state index contributed by atoms with van der Waals surface area (Å²) in [5, 5.41) is 0.777. The predicted octanol–water partition coefficient (Wildman–Crippen LogP) is 4.58. The van der Waals surface area contributed by atoms with Gasteiger partial charge in [0.25, 0.3) is 0 Å². The second kappa shape index (κ2) is 7.89. The number of piperidine rings is 1. The molecule has 4 nitrogen and oxygen atoms in total. The Kier molecular flexibility index (Phi) is 5.35. The molecule has 0 aliphatic carbocycles. The molecule has 2 aliphatic rings. The second-order valence-electron chi connectivity index (χ2n) is 7.67. The van der Waals surface area contributed by atoms with Crippen LogP contribution in [0.1, 0.15) is 43.2 Å². The fourth-order valence-corrected chi connectivity index (χ4v) is 4.60. The molecule has 2 aromatic rings. The fourth-order valence-electron chi connectivity index (χ4n) is 4.48. The molecule has 0 spiro atoms. The number of carbonyl (C=O) groups is 1. The van der Waals surface area contributed by atoms with E-state index in [1.54, 1.807) is 12.4 Å². The zero-order chi connectivity index (χ0) is 18.8. The van der Waals surface area contributed by atoms with Gasteiger partial charge in [-0.1, -0.05) is 23.7 Å². The summed E-state index contributed by atoms with van der Waals surface area (Å²) in [5.41, 5.74) is 2.24. The molecule has 0 saturated carbocycles. The normalized spacial score (nSPS) is 24.1. The number of carbonyl (C=O) groups excluding carboxylic acids is 1. The minimum absolute atomic E-state index is 0.176. The molecule has 5 heteroatoms. The van der Waals surface area contributed by atoms with Crippen LogP contribution in [-0.2, 0) is 11.2 Å². The Labute approximate surface area is 165 Å². The molecule has 2 bridgehead atoms. The summed E-state index contributed by atoms with van der Waals surface area (Å²) in [5.74, 6) is 1.09. The van der Waals surface area contributed by atoms with Gasteiger partial charge in [-0.2, -0.15) is 0 Å². The third kappa shape index (κ3) is 4.11. The maximum Gasteiger partial charge on any atom is 0.223 e. The highest BCUT2D eigenvalue weighted by atomic mass is 35.5. The first-order valence-corrected chi connectivity index (χ1v) is 10.1. The van der Waals surface area contributed by atoms with E-state index in [1.165, 1.54) is 5.56 Å². The highest BCUT2D eigenvalue weighted by Gasteiger charge is 2.43. The number of hydrogen-bond acceptors (Lipinski definition) is 3. The average Bonchev–Trinajstić information content (AvgIpc) is 2.94. The molecule has 1 amide bonds. The van der Waals surface area contributed by atoms with Crippen LogP contribution in [0.5, 0.6) is 5.75 Å². The van der Waals surface area contributed by atoms with Gasteiger partial charge in [0, 0.05) is 42.6 Å². The van der Waals surface area contributed by atoms with Crippen molar-refractivity contribution in [1.29, 1.82) is 0 Å². The Morgan fingerprint density at radius 1 is 1.26 bits per heavy atom. The van der Waals surface area contributed by atoms with Gasteiger partial charge in [-0.3, -0.25) is 9.78 Å². The van der Waals surface area contributed by atoms with Crippen LogP contribution < -0.4 is 4.74 Å². The highest BCUT2D eigenvalue weighted by molar-refractivity contribution is 6.31. The fraction of sp³-hybridized carbons (Fsp3) is 0.455. The number of fused-ring (bicyclic) bond motifs is 2. The van der Waals surface area contributed by atoms with E-state index >= 15 is 0 Å². The molecular weight excluding hydrogens is 360 g/mol. The molecule has 3 heterocycles. The minimum atomic E-state index is 0.176. The first-order valence-electron chi connectivity index (χ1n) is 9.73. The minimum Gasteiger partial charge on any atom is -0.489 e. The third-order valence-electron chi connectivity index (χ3n) is 5.76. The van der Waals surface area contributed by atoms with Crippen LogP contribution in [0.4, 0.5) is 0 Å². The largest absolute Gasteiger partial charge is 0.489 e. The number of nitrogens with zero attached hydrogens (tertiary/aromatic N) is 2. The number of benzene rings is 1. The summed E-state index contributed by atoms with van der Waals surface area (Å²) in [6.45, 7) is 2.00. The van der Waals surface area contributed by atoms with Crippen LogP contribution >= 0.6 is 11.6 Å². The van der Waals surface area contributed by atoms with Crippen LogP contribution in [0, 0.1) is 6.92 Å². The van der Waals surface area contributed by atoms with Crippen LogP contribution in [0.15, 0.2) is 42.7 Å². The molecule has 27 heavy (non-hydrogen) atoms. The number of aryl methyl sites for hydroxylation is 2. The Morgan fingerprint density at radius 2 is 2.04 bits per heavy atom. The Bertz CT molecular complexity index is 797. The molecule has 142 valence electrons. The number of ether oxygens (including phenoxy) is 1. The van der Waals surface area contributed by atoms with Crippen molar-refractivity contribution in [1.82, 2.24) is 9.88 Å². The molecule has 2 aliphatic heterocycles. The van der Waals surface area contributed by atoms with Crippen molar-refractivity contribution in [3.8, 4) is 5.75 Å². The van der Waals surface area contributed by atoms with Gasteiger partial charge in [0.2, 0.25) is 5.91 Å². The Morgan fingerprint density at radius 3 is 2.70 bits per heavy atom.